The third-order valence-corrected chi connectivity index (χ3v) is 3.29. The Labute approximate surface area is 119 Å². The van der Waals surface area contributed by atoms with Gasteiger partial charge in [0.2, 0.25) is 11.8 Å². The Kier molecular flexibility index (Phi) is 6.18. The molecule has 0 radical (unpaired) electrons. The van der Waals surface area contributed by atoms with Crippen molar-refractivity contribution in [2.75, 3.05) is 10.6 Å². The molecule has 0 spiro atoms. The lowest BCUT2D eigenvalue weighted by molar-refractivity contribution is -0.118. The van der Waals surface area contributed by atoms with Crippen LogP contribution >= 0.6 is 0 Å². The maximum absolute atomic E-state index is 12.0. The summed E-state index contributed by atoms with van der Waals surface area (Å²) in [6, 6.07) is 6.50. The van der Waals surface area contributed by atoms with E-state index in [0.717, 1.165) is 6.42 Å². The number of nitrogens with one attached hydrogen (secondary N) is 2. The van der Waals surface area contributed by atoms with Gasteiger partial charge in [-0.1, -0.05) is 33.3 Å². The number of hydrogen-bond acceptors (Lipinski definition) is 3. The summed E-state index contributed by atoms with van der Waals surface area (Å²) in [5, 5.41) is 5.52. The number of hydrogen-bond donors (Lipinski definition) is 3. The van der Waals surface area contributed by atoms with Crippen LogP contribution in [0, 0.1) is 5.92 Å². The van der Waals surface area contributed by atoms with Crippen molar-refractivity contribution in [1.29, 1.82) is 0 Å². The molecule has 0 aliphatic carbocycles. The van der Waals surface area contributed by atoms with Crippen molar-refractivity contribution in [2.45, 2.75) is 39.7 Å². The first kappa shape index (κ1) is 16.2. The van der Waals surface area contributed by atoms with E-state index in [1.165, 1.54) is 0 Å². The molecule has 20 heavy (non-hydrogen) atoms. The zero-order valence-corrected chi connectivity index (χ0v) is 12.3. The molecule has 1 aromatic carbocycles. The third-order valence-electron chi connectivity index (χ3n) is 3.29. The van der Waals surface area contributed by atoms with Crippen LogP contribution in [0.1, 0.15) is 33.6 Å². The number of nitrogens with two attached hydrogens (primary N) is 1. The molecule has 0 aliphatic heterocycles. The largest absolute Gasteiger partial charge is 0.326 e. The number of carbonyl (C=O) groups excluding carboxylic acids is 2. The first-order valence-electron chi connectivity index (χ1n) is 6.94. The van der Waals surface area contributed by atoms with Gasteiger partial charge in [-0.25, -0.2) is 0 Å². The van der Waals surface area contributed by atoms with Crippen molar-refractivity contribution in [3.63, 3.8) is 0 Å². The predicted molar refractivity (Wildman–Crippen MR) is 81.4 cm³/mol. The summed E-state index contributed by atoms with van der Waals surface area (Å²) >= 11 is 0. The topological polar surface area (TPSA) is 84.2 Å². The number of rotatable bonds is 6. The van der Waals surface area contributed by atoms with Crippen molar-refractivity contribution in [2.24, 2.45) is 11.7 Å². The Morgan fingerprint density at radius 3 is 2.35 bits per heavy atom. The van der Waals surface area contributed by atoms with Crippen LogP contribution in [0.4, 0.5) is 11.4 Å². The van der Waals surface area contributed by atoms with Gasteiger partial charge >= 0.3 is 0 Å². The standard InChI is InChI=1S/C15H23N3O2/c1-4-10(3)14(16)15(20)18-12-8-6-7-11(9-12)17-13(19)5-2/h6-10,14H,4-5,16H2,1-3H3,(H,17,19)(H,18,20)/t10?,14-/m0/s1. The molecular weight excluding hydrogens is 254 g/mol. The van der Waals surface area contributed by atoms with Crippen LogP contribution in [-0.2, 0) is 9.59 Å². The summed E-state index contributed by atoms with van der Waals surface area (Å²) in [6.45, 7) is 5.73. The Morgan fingerprint density at radius 2 is 1.80 bits per heavy atom. The lowest BCUT2D eigenvalue weighted by Crippen LogP contribution is -2.40. The van der Waals surface area contributed by atoms with E-state index in [0.29, 0.717) is 17.8 Å². The molecule has 110 valence electrons. The Hall–Kier alpha value is -1.88. The summed E-state index contributed by atoms with van der Waals surface area (Å²) in [6.07, 6.45) is 1.26. The fourth-order valence-electron chi connectivity index (χ4n) is 1.66. The van der Waals surface area contributed by atoms with Gasteiger partial charge in [0.1, 0.15) is 0 Å². The van der Waals surface area contributed by atoms with Crippen LogP contribution in [0.5, 0.6) is 0 Å². The van der Waals surface area contributed by atoms with E-state index in [4.69, 9.17) is 5.73 Å². The molecule has 1 aromatic rings. The molecule has 5 nitrogen and oxygen atoms in total. The van der Waals surface area contributed by atoms with Gasteiger partial charge in [0, 0.05) is 17.8 Å². The predicted octanol–water partition coefficient (Wildman–Crippen LogP) is 2.35. The minimum Gasteiger partial charge on any atom is -0.326 e. The second-order valence-corrected chi connectivity index (χ2v) is 4.88. The molecule has 0 saturated heterocycles. The van der Waals surface area contributed by atoms with Gasteiger partial charge in [-0.3, -0.25) is 9.59 Å². The zero-order chi connectivity index (χ0) is 15.1. The van der Waals surface area contributed by atoms with Crippen LogP contribution in [0.15, 0.2) is 24.3 Å². The third kappa shape index (κ3) is 4.66. The molecule has 2 amide bonds. The summed E-state index contributed by atoms with van der Waals surface area (Å²) in [5.41, 5.74) is 7.16. The molecule has 0 aliphatic rings. The fraction of sp³-hybridized carbons (Fsp3) is 0.467. The van der Waals surface area contributed by atoms with Crippen molar-refractivity contribution in [1.82, 2.24) is 0 Å². The molecule has 0 fully saturated rings. The molecule has 0 saturated carbocycles. The van der Waals surface area contributed by atoms with Gasteiger partial charge in [-0.15, -0.1) is 0 Å². The molecule has 4 N–H and O–H groups in total. The van der Waals surface area contributed by atoms with Gasteiger partial charge in [0.15, 0.2) is 0 Å². The summed E-state index contributed by atoms with van der Waals surface area (Å²) in [4.78, 5) is 23.3. The number of amides is 2. The van der Waals surface area contributed by atoms with E-state index < -0.39 is 6.04 Å². The maximum Gasteiger partial charge on any atom is 0.241 e. The minimum absolute atomic E-state index is 0.0650. The molecule has 1 rings (SSSR count). The van der Waals surface area contributed by atoms with Gasteiger partial charge in [0.05, 0.1) is 6.04 Å². The monoisotopic (exact) mass is 277 g/mol. The lowest BCUT2D eigenvalue weighted by Gasteiger charge is -2.18. The van der Waals surface area contributed by atoms with Crippen LogP contribution in [-0.4, -0.2) is 17.9 Å². The highest BCUT2D eigenvalue weighted by Gasteiger charge is 2.19. The Balaban J connectivity index is 2.71. The highest BCUT2D eigenvalue weighted by molar-refractivity contribution is 5.96. The Bertz CT molecular complexity index is 474. The first-order chi connectivity index (χ1) is 9.47. The second-order valence-electron chi connectivity index (χ2n) is 4.88. The SMILES string of the molecule is CCC(=O)Nc1cccc(NC(=O)[C@@H](N)C(C)CC)c1. The van der Waals surface area contributed by atoms with E-state index in [2.05, 4.69) is 10.6 Å². The quantitative estimate of drug-likeness (QED) is 0.746. The molecular formula is C15H23N3O2. The van der Waals surface area contributed by atoms with Crippen molar-refractivity contribution in [3.8, 4) is 0 Å². The number of carbonyl (C=O) groups is 2. The number of anilines is 2. The summed E-state index contributed by atoms with van der Waals surface area (Å²) < 4.78 is 0. The van der Waals surface area contributed by atoms with E-state index in [1.807, 2.05) is 13.8 Å². The smallest absolute Gasteiger partial charge is 0.241 e. The highest BCUT2D eigenvalue weighted by Crippen LogP contribution is 2.16. The average Bonchev–Trinajstić information content (AvgIpc) is 2.45. The van der Waals surface area contributed by atoms with Crippen LogP contribution in [0.3, 0.4) is 0 Å². The Morgan fingerprint density at radius 1 is 1.20 bits per heavy atom. The molecule has 1 unspecified atom stereocenters. The molecule has 0 aromatic heterocycles. The highest BCUT2D eigenvalue weighted by atomic mass is 16.2. The van der Waals surface area contributed by atoms with Crippen molar-refractivity contribution in [3.05, 3.63) is 24.3 Å². The van der Waals surface area contributed by atoms with Crippen LogP contribution in [0.2, 0.25) is 0 Å². The molecule has 0 bridgehead atoms. The van der Waals surface area contributed by atoms with Crippen LogP contribution < -0.4 is 16.4 Å². The zero-order valence-electron chi connectivity index (χ0n) is 12.3. The minimum atomic E-state index is -0.533. The molecule has 2 atom stereocenters. The normalized spacial score (nSPS) is 13.4. The summed E-state index contributed by atoms with van der Waals surface area (Å²) in [5.74, 6) is -0.152. The number of benzene rings is 1. The summed E-state index contributed by atoms with van der Waals surface area (Å²) in [7, 11) is 0. The maximum atomic E-state index is 12.0. The van der Waals surface area contributed by atoms with Crippen molar-refractivity contribution >= 4 is 23.2 Å². The van der Waals surface area contributed by atoms with Gasteiger partial charge < -0.3 is 16.4 Å². The second kappa shape index (κ2) is 7.65. The van der Waals surface area contributed by atoms with Crippen LogP contribution in [0.25, 0.3) is 0 Å². The molecule has 0 heterocycles. The van der Waals surface area contributed by atoms with E-state index in [9.17, 15) is 9.59 Å². The fourth-order valence-corrected chi connectivity index (χ4v) is 1.66. The lowest BCUT2D eigenvalue weighted by atomic mass is 9.99. The van der Waals surface area contributed by atoms with Gasteiger partial charge in [-0.2, -0.15) is 0 Å². The van der Waals surface area contributed by atoms with E-state index in [-0.39, 0.29) is 17.7 Å². The average molecular weight is 277 g/mol. The molecule has 5 heteroatoms. The van der Waals surface area contributed by atoms with Gasteiger partial charge in [-0.05, 0) is 24.1 Å². The van der Waals surface area contributed by atoms with E-state index >= 15 is 0 Å². The van der Waals surface area contributed by atoms with Gasteiger partial charge in [0.25, 0.3) is 0 Å². The first-order valence-corrected chi connectivity index (χ1v) is 6.94. The van der Waals surface area contributed by atoms with Crippen molar-refractivity contribution < 1.29 is 9.59 Å². The van der Waals surface area contributed by atoms with E-state index in [1.54, 1.807) is 31.2 Å².